The first kappa shape index (κ1) is 11.4. The van der Waals surface area contributed by atoms with E-state index < -0.39 is 0 Å². The van der Waals surface area contributed by atoms with E-state index in [0.717, 1.165) is 27.5 Å². The minimum Gasteiger partial charge on any atom is -0.360 e. The van der Waals surface area contributed by atoms with Crippen LogP contribution in [-0.2, 0) is 0 Å². The van der Waals surface area contributed by atoms with E-state index in [1.165, 1.54) is 0 Å². The fraction of sp³-hybridized carbons (Fsp3) is 0.250. The fourth-order valence-corrected chi connectivity index (χ4v) is 2.16. The molecule has 16 heavy (non-hydrogen) atoms. The van der Waals surface area contributed by atoms with Crippen molar-refractivity contribution in [2.24, 2.45) is 0 Å². The molecule has 0 fully saturated rings. The van der Waals surface area contributed by atoms with Crippen molar-refractivity contribution in [2.75, 3.05) is 13.1 Å². The zero-order valence-corrected chi connectivity index (χ0v) is 10.6. The average Bonchev–Trinajstić information content (AvgIpc) is 2.71. The van der Waals surface area contributed by atoms with Crippen LogP contribution < -0.4 is 5.32 Å². The molecule has 0 amide bonds. The quantitative estimate of drug-likeness (QED) is 0.846. The predicted octanol–water partition coefficient (Wildman–Crippen LogP) is 2.72. The number of aromatic amines is 1. The number of H-pyrrole nitrogens is 1. The molecule has 0 aliphatic rings. The first-order chi connectivity index (χ1) is 7.74. The Morgan fingerprint density at radius 1 is 1.50 bits per heavy atom. The van der Waals surface area contributed by atoms with E-state index in [0.29, 0.717) is 6.54 Å². The van der Waals surface area contributed by atoms with Crippen LogP contribution >= 0.6 is 15.9 Å². The van der Waals surface area contributed by atoms with Crippen molar-refractivity contribution < 1.29 is 4.79 Å². The van der Waals surface area contributed by atoms with Crippen LogP contribution in [-0.4, -0.2) is 23.9 Å². The van der Waals surface area contributed by atoms with Crippen molar-refractivity contribution in [3.05, 3.63) is 34.4 Å². The minimum absolute atomic E-state index is 0.117. The number of halogens is 1. The highest BCUT2D eigenvalue weighted by Gasteiger charge is 2.12. The Morgan fingerprint density at radius 3 is 3.06 bits per heavy atom. The van der Waals surface area contributed by atoms with Gasteiger partial charge in [-0.15, -0.1) is 0 Å². The third kappa shape index (κ3) is 2.03. The topological polar surface area (TPSA) is 44.9 Å². The third-order valence-corrected chi connectivity index (χ3v) is 3.16. The van der Waals surface area contributed by atoms with Gasteiger partial charge < -0.3 is 10.3 Å². The zero-order valence-electron chi connectivity index (χ0n) is 9.01. The number of Topliss-reactive ketones (excluding diaryl/α,β-unsaturated/α-hetero) is 1. The Balaban J connectivity index is 2.38. The molecule has 0 atom stereocenters. The van der Waals surface area contributed by atoms with Gasteiger partial charge in [0.05, 0.1) is 12.1 Å². The van der Waals surface area contributed by atoms with Gasteiger partial charge in [0.1, 0.15) is 0 Å². The van der Waals surface area contributed by atoms with Gasteiger partial charge in [-0.05, 0) is 28.5 Å². The van der Waals surface area contributed by atoms with E-state index in [4.69, 9.17) is 0 Å². The van der Waals surface area contributed by atoms with Gasteiger partial charge >= 0.3 is 0 Å². The Morgan fingerprint density at radius 2 is 2.31 bits per heavy atom. The Bertz CT molecular complexity index is 519. The van der Waals surface area contributed by atoms with Crippen molar-refractivity contribution in [3.63, 3.8) is 0 Å². The molecule has 2 rings (SSSR count). The Labute approximate surface area is 102 Å². The van der Waals surface area contributed by atoms with E-state index in [2.05, 4.69) is 26.2 Å². The summed E-state index contributed by atoms with van der Waals surface area (Å²) in [6.07, 6.45) is 1.77. The SMILES string of the molecule is CCNCC(=O)c1c[nH]c2c(Br)cccc12. The number of para-hydroxylation sites is 1. The van der Waals surface area contributed by atoms with Crippen LogP contribution in [0.3, 0.4) is 0 Å². The molecule has 0 saturated carbocycles. The highest BCUT2D eigenvalue weighted by Crippen LogP contribution is 2.25. The van der Waals surface area contributed by atoms with Gasteiger partial charge in [0, 0.05) is 21.6 Å². The van der Waals surface area contributed by atoms with Crippen LogP contribution in [0.2, 0.25) is 0 Å². The molecule has 1 aromatic heterocycles. The summed E-state index contributed by atoms with van der Waals surface area (Å²) >= 11 is 3.45. The predicted molar refractivity (Wildman–Crippen MR) is 68.9 cm³/mol. The number of fused-ring (bicyclic) bond motifs is 1. The first-order valence-corrected chi connectivity index (χ1v) is 6.03. The van der Waals surface area contributed by atoms with Crippen LogP contribution in [0.4, 0.5) is 0 Å². The minimum atomic E-state index is 0.117. The molecular weight excluding hydrogens is 268 g/mol. The zero-order chi connectivity index (χ0) is 11.5. The van der Waals surface area contributed by atoms with E-state index >= 15 is 0 Å². The van der Waals surface area contributed by atoms with Crippen LogP contribution in [0.5, 0.6) is 0 Å². The smallest absolute Gasteiger partial charge is 0.178 e. The number of likely N-dealkylation sites (N-methyl/N-ethyl adjacent to an activating group) is 1. The van der Waals surface area contributed by atoms with Gasteiger partial charge in [0.2, 0.25) is 0 Å². The summed E-state index contributed by atoms with van der Waals surface area (Å²) in [5.41, 5.74) is 1.72. The van der Waals surface area contributed by atoms with Gasteiger partial charge in [-0.25, -0.2) is 0 Å². The maximum absolute atomic E-state index is 11.9. The molecule has 1 heterocycles. The molecular formula is C12H13BrN2O. The molecule has 0 aliphatic carbocycles. The standard InChI is InChI=1S/C12H13BrN2O/c1-2-14-7-11(16)9-6-15-12-8(9)4-3-5-10(12)13/h3-6,14-15H,2,7H2,1H3. The number of ketones is 1. The number of benzene rings is 1. The van der Waals surface area contributed by atoms with E-state index in [1.54, 1.807) is 6.20 Å². The van der Waals surface area contributed by atoms with Crippen LogP contribution in [0.15, 0.2) is 28.9 Å². The summed E-state index contributed by atoms with van der Waals surface area (Å²) in [6.45, 7) is 3.17. The van der Waals surface area contributed by atoms with Crippen molar-refractivity contribution in [1.82, 2.24) is 10.3 Å². The van der Waals surface area contributed by atoms with Crippen molar-refractivity contribution in [1.29, 1.82) is 0 Å². The first-order valence-electron chi connectivity index (χ1n) is 5.23. The summed E-state index contributed by atoms with van der Waals surface area (Å²) in [5, 5.41) is 4.01. The van der Waals surface area contributed by atoms with Crippen LogP contribution in [0.1, 0.15) is 17.3 Å². The van der Waals surface area contributed by atoms with Crippen molar-refractivity contribution in [3.8, 4) is 0 Å². The van der Waals surface area contributed by atoms with Gasteiger partial charge in [-0.3, -0.25) is 4.79 Å². The van der Waals surface area contributed by atoms with E-state index in [1.807, 2.05) is 25.1 Å². The van der Waals surface area contributed by atoms with Gasteiger partial charge in [0.15, 0.2) is 5.78 Å². The van der Waals surface area contributed by atoms with Gasteiger partial charge in [-0.2, -0.15) is 0 Å². The molecule has 2 N–H and O–H groups in total. The monoisotopic (exact) mass is 280 g/mol. The number of rotatable bonds is 4. The number of hydrogen-bond acceptors (Lipinski definition) is 2. The maximum Gasteiger partial charge on any atom is 0.178 e. The second-order valence-corrected chi connectivity index (χ2v) is 4.42. The van der Waals surface area contributed by atoms with Crippen LogP contribution in [0, 0.1) is 0 Å². The highest BCUT2D eigenvalue weighted by molar-refractivity contribution is 9.10. The molecule has 84 valence electrons. The Hall–Kier alpha value is -1.13. The number of nitrogens with one attached hydrogen (secondary N) is 2. The molecule has 2 aromatic rings. The lowest BCUT2D eigenvalue weighted by Gasteiger charge is -2.00. The number of hydrogen-bond donors (Lipinski definition) is 2. The Kier molecular flexibility index (Phi) is 3.41. The lowest BCUT2D eigenvalue weighted by Crippen LogP contribution is -2.22. The summed E-state index contributed by atoms with van der Waals surface area (Å²) < 4.78 is 0.979. The van der Waals surface area contributed by atoms with E-state index in [-0.39, 0.29) is 5.78 Å². The molecule has 1 aromatic carbocycles. The molecule has 0 aliphatic heterocycles. The average molecular weight is 281 g/mol. The highest BCUT2D eigenvalue weighted by atomic mass is 79.9. The summed E-state index contributed by atoms with van der Waals surface area (Å²) in [6, 6.07) is 5.84. The molecule has 0 spiro atoms. The molecule has 0 unspecified atom stereocenters. The van der Waals surface area contributed by atoms with Crippen LogP contribution in [0.25, 0.3) is 10.9 Å². The summed E-state index contributed by atoms with van der Waals surface area (Å²) in [7, 11) is 0. The molecule has 4 heteroatoms. The second kappa shape index (κ2) is 4.80. The number of carbonyl (C=O) groups is 1. The molecule has 0 bridgehead atoms. The van der Waals surface area contributed by atoms with E-state index in [9.17, 15) is 4.79 Å². The molecule has 3 nitrogen and oxygen atoms in total. The summed E-state index contributed by atoms with van der Waals surface area (Å²) in [4.78, 5) is 15.0. The lowest BCUT2D eigenvalue weighted by atomic mass is 10.1. The third-order valence-electron chi connectivity index (χ3n) is 2.50. The van der Waals surface area contributed by atoms with Gasteiger partial charge in [0.25, 0.3) is 0 Å². The van der Waals surface area contributed by atoms with Gasteiger partial charge in [-0.1, -0.05) is 19.1 Å². The number of aromatic nitrogens is 1. The van der Waals surface area contributed by atoms with Crippen molar-refractivity contribution in [2.45, 2.75) is 6.92 Å². The lowest BCUT2D eigenvalue weighted by molar-refractivity contribution is 0.0993. The summed E-state index contributed by atoms with van der Waals surface area (Å²) in [5.74, 6) is 0.117. The van der Waals surface area contributed by atoms with Crippen molar-refractivity contribution >= 4 is 32.6 Å². The largest absolute Gasteiger partial charge is 0.360 e. The fourth-order valence-electron chi connectivity index (χ4n) is 1.68. The maximum atomic E-state index is 11.9. The molecule has 0 radical (unpaired) electrons. The number of carbonyl (C=O) groups excluding carboxylic acids is 1. The molecule has 0 saturated heterocycles. The second-order valence-electron chi connectivity index (χ2n) is 3.57. The normalized spacial score (nSPS) is 10.9.